The minimum absolute atomic E-state index is 0.0870. The maximum atomic E-state index is 12.0. The monoisotopic (exact) mass is 252 g/mol. The highest BCUT2D eigenvalue weighted by Crippen LogP contribution is 2.20. The zero-order valence-electron chi connectivity index (χ0n) is 9.77. The molecule has 0 spiro atoms. The van der Waals surface area contributed by atoms with Gasteiger partial charge in [0.1, 0.15) is 12.2 Å². The third kappa shape index (κ3) is 2.94. The van der Waals surface area contributed by atoms with Gasteiger partial charge in [-0.05, 0) is 5.56 Å². The van der Waals surface area contributed by atoms with Gasteiger partial charge in [-0.1, -0.05) is 30.3 Å². The van der Waals surface area contributed by atoms with Gasteiger partial charge < -0.3 is 20.1 Å². The number of Topliss-reactive ketones (excluding diaryl/α,β-unsaturated/α-hetero) is 1. The Bertz CT molecular complexity index is 405. The third-order valence-corrected chi connectivity index (χ3v) is 2.99. The van der Waals surface area contributed by atoms with Crippen molar-refractivity contribution < 1.29 is 24.9 Å². The summed E-state index contributed by atoms with van der Waals surface area (Å²) in [6, 6.07) is 9.04. The van der Waals surface area contributed by atoms with E-state index in [9.17, 15) is 20.1 Å². The molecule has 1 fully saturated rings. The zero-order chi connectivity index (χ0) is 13.1. The molecule has 0 radical (unpaired) electrons. The summed E-state index contributed by atoms with van der Waals surface area (Å²) < 4.78 is 5.00. The van der Waals surface area contributed by atoms with E-state index in [-0.39, 0.29) is 18.6 Å². The highest BCUT2D eigenvalue weighted by atomic mass is 16.6. The molecule has 1 aromatic rings. The maximum absolute atomic E-state index is 12.0. The number of hydrogen-bond donors (Lipinski definition) is 3. The van der Waals surface area contributed by atoms with E-state index in [1.54, 1.807) is 12.1 Å². The molecule has 18 heavy (non-hydrogen) atoms. The number of ether oxygens (including phenoxy) is 1. The lowest BCUT2D eigenvalue weighted by molar-refractivity contribution is -0.228. The summed E-state index contributed by atoms with van der Waals surface area (Å²) >= 11 is 0. The van der Waals surface area contributed by atoms with Gasteiger partial charge in [0.15, 0.2) is 12.1 Å². The van der Waals surface area contributed by atoms with E-state index in [4.69, 9.17) is 4.74 Å². The fourth-order valence-corrected chi connectivity index (χ4v) is 2.02. The minimum atomic E-state index is -1.29. The van der Waals surface area contributed by atoms with E-state index in [0.717, 1.165) is 5.56 Å². The average Bonchev–Trinajstić information content (AvgIpc) is 2.35. The Morgan fingerprint density at radius 2 is 1.89 bits per heavy atom. The Morgan fingerprint density at radius 3 is 2.56 bits per heavy atom. The van der Waals surface area contributed by atoms with Crippen LogP contribution in [-0.4, -0.2) is 45.7 Å². The predicted molar refractivity (Wildman–Crippen MR) is 62.7 cm³/mol. The van der Waals surface area contributed by atoms with Gasteiger partial charge >= 0.3 is 0 Å². The van der Waals surface area contributed by atoms with Crippen molar-refractivity contribution in [1.82, 2.24) is 0 Å². The van der Waals surface area contributed by atoms with Crippen molar-refractivity contribution in [3.63, 3.8) is 0 Å². The molecule has 3 N–H and O–H groups in total. The number of rotatable bonds is 3. The molecule has 1 heterocycles. The Morgan fingerprint density at radius 1 is 1.22 bits per heavy atom. The van der Waals surface area contributed by atoms with Crippen LogP contribution in [0, 0.1) is 0 Å². The Hall–Kier alpha value is -1.27. The lowest BCUT2D eigenvalue weighted by Crippen LogP contribution is -2.52. The van der Waals surface area contributed by atoms with Gasteiger partial charge in [-0.15, -0.1) is 0 Å². The first-order valence-electron chi connectivity index (χ1n) is 5.84. The molecule has 0 unspecified atom stereocenters. The number of ketones is 1. The highest BCUT2D eigenvalue weighted by molar-refractivity contribution is 5.86. The highest BCUT2D eigenvalue weighted by Gasteiger charge is 2.39. The molecule has 2 rings (SSSR count). The topological polar surface area (TPSA) is 87.0 Å². The summed E-state index contributed by atoms with van der Waals surface area (Å²) in [5.41, 5.74) is 0.799. The van der Waals surface area contributed by atoms with Gasteiger partial charge in [0.25, 0.3) is 0 Å². The fraction of sp³-hybridized carbons (Fsp3) is 0.462. The molecule has 0 bridgehead atoms. The summed E-state index contributed by atoms with van der Waals surface area (Å²) in [5.74, 6) is -0.355. The SMILES string of the molecule is O=C(Cc1ccccc1)[C@H]1O[C@H](O)C[C@@H](O)[C@@H]1O. The number of carbonyl (C=O) groups is 1. The van der Waals surface area contributed by atoms with Gasteiger partial charge in [0.05, 0.1) is 6.10 Å². The number of hydrogen-bond acceptors (Lipinski definition) is 5. The molecule has 0 saturated carbocycles. The molecular weight excluding hydrogens is 236 g/mol. The predicted octanol–water partition coefficient (Wildman–Crippen LogP) is -0.373. The normalized spacial score (nSPS) is 32.2. The third-order valence-electron chi connectivity index (χ3n) is 2.99. The van der Waals surface area contributed by atoms with Crippen LogP contribution < -0.4 is 0 Å². The van der Waals surface area contributed by atoms with Crippen LogP contribution in [0.5, 0.6) is 0 Å². The Balaban J connectivity index is 2.04. The van der Waals surface area contributed by atoms with E-state index in [1.807, 2.05) is 18.2 Å². The van der Waals surface area contributed by atoms with Crippen LogP contribution in [0.3, 0.4) is 0 Å². The molecular formula is C13H16O5. The van der Waals surface area contributed by atoms with Crippen molar-refractivity contribution in [1.29, 1.82) is 0 Å². The molecule has 1 aromatic carbocycles. The minimum Gasteiger partial charge on any atom is -0.390 e. The van der Waals surface area contributed by atoms with Gasteiger partial charge in [-0.25, -0.2) is 0 Å². The smallest absolute Gasteiger partial charge is 0.168 e. The quantitative estimate of drug-likeness (QED) is 0.683. The molecule has 4 atom stereocenters. The number of aliphatic hydroxyl groups excluding tert-OH is 3. The van der Waals surface area contributed by atoms with Crippen LogP contribution in [0.25, 0.3) is 0 Å². The van der Waals surface area contributed by atoms with E-state index < -0.39 is 24.6 Å². The van der Waals surface area contributed by atoms with Crippen molar-refractivity contribution >= 4 is 5.78 Å². The first-order chi connectivity index (χ1) is 8.58. The van der Waals surface area contributed by atoms with Gasteiger partial charge in [0.2, 0.25) is 0 Å². The van der Waals surface area contributed by atoms with Crippen LogP contribution >= 0.6 is 0 Å². The van der Waals surface area contributed by atoms with Gasteiger partial charge in [-0.2, -0.15) is 0 Å². The van der Waals surface area contributed by atoms with Crippen LogP contribution in [0.1, 0.15) is 12.0 Å². The Labute approximate surface area is 105 Å². The average molecular weight is 252 g/mol. The molecule has 0 aromatic heterocycles. The first-order valence-corrected chi connectivity index (χ1v) is 5.84. The van der Waals surface area contributed by atoms with Gasteiger partial charge in [-0.3, -0.25) is 4.79 Å². The standard InChI is InChI=1S/C13H16O5/c14-9-7-11(16)18-13(12(9)17)10(15)6-8-4-2-1-3-5-8/h1-5,9,11-14,16-17H,6-7H2/t9-,11+,12+,13-/m1/s1. The lowest BCUT2D eigenvalue weighted by Gasteiger charge is -2.34. The van der Waals surface area contributed by atoms with Crippen LogP contribution in [0.2, 0.25) is 0 Å². The summed E-state index contributed by atoms with van der Waals surface area (Å²) in [5, 5.41) is 28.5. The Kier molecular flexibility index (Phi) is 4.08. The van der Waals surface area contributed by atoms with Crippen LogP contribution in [-0.2, 0) is 16.0 Å². The summed E-state index contributed by atoms with van der Waals surface area (Å²) in [6.45, 7) is 0. The zero-order valence-corrected chi connectivity index (χ0v) is 9.77. The van der Waals surface area contributed by atoms with Crippen LogP contribution in [0.15, 0.2) is 30.3 Å². The van der Waals surface area contributed by atoms with Crippen LogP contribution in [0.4, 0.5) is 0 Å². The van der Waals surface area contributed by atoms with E-state index in [2.05, 4.69) is 0 Å². The van der Waals surface area contributed by atoms with Crippen molar-refractivity contribution in [3.05, 3.63) is 35.9 Å². The molecule has 5 nitrogen and oxygen atoms in total. The van der Waals surface area contributed by atoms with Crippen molar-refractivity contribution in [3.8, 4) is 0 Å². The summed E-state index contributed by atoms with van der Waals surface area (Å²) in [6.07, 6.45) is -4.81. The lowest BCUT2D eigenvalue weighted by atomic mass is 9.95. The maximum Gasteiger partial charge on any atom is 0.168 e. The molecule has 98 valence electrons. The second kappa shape index (κ2) is 5.58. The molecule has 0 aliphatic carbocycles. The summed E-state index contributed by atoms with van der Waals surface area (Å²) in [7, 11) is 0. The van der Waals surface area contributed by atoms with E-state index >= 15 is 0 Å². The summed E-state index contributed by atoms with van der Waals surface area (Å²) in [4.78, 5) is 12.0. The molecule has 0 amide bonds. The van der Waals surface area contributed by atoms with E-state index in [1.165, 1.54) is 0 Å². The molecule has 1 aliphatic rings. The second-order valence-corrected chi connectivity index (χ2v) is 4.43. The number of benzene rings is 1. The largest absolute Gasteiger partial charge is 0.390 e. The van der Waals surface area contributed by atoms with Crippen molar-refractivity contribution in [2.45, 2.75) is 37.4 Å². The second-order valence-electron chi connectivity index (χ2n) is 4.43. The first kappa shape index (κ1) is 13.2. The number of carbonyl (C=O) groups excluding carboxylic acids is 1. The van der Waals surface area contributed by atoms with E-state index in [0.29, 0.717) is 0 Å². The number of aliphatic hydroxyl groups is 3. The van der Waals surface area contributed by atoms with Crippen molar-refractivity contribution in [2.24, 2.45) is 0 Å². The molecule has 1 aliphatic heterocycles. The van der Waals surface area contributed by atoms with Crippen molar-refractivity contribution in [2.75, 3.05) is 0 Å². The molecule has 5 heteroatoms. The fourth-order valence-electron chi connectivity index (χ4n) is 2.02. The van der Waals surface area contributed by atoms with Gasteiger partial charge in [0, 0.05) is 12.8 Å². The molecule has 1 saturated heterocycles.